The van der Waals surface area contributed by atoms with Gasteiger partial charge in [-0.1, -0.05) is 67.5 Å². The summed E-state index contributed by atoms with van der Waals surface area (Å²) in [7, 11) is -4.21. The molecule has 374 valence electrons. The monoisotopic (exact) mass is 976 g/mol. The molecule has 1 aromatic carbocycles. The van der Waals surface area contributed by atoms with Crippen molar-refractivity contribution in [1.82, 2.24) is 19.9 Å². The predicted molar refractivity (Wildman–Crippen MR) is 256 cm³/mol. The summed E-state index contributed by atoms with van der Waals surface area (Å²) in [5.74, 6) is -1.52. The summed E-state index contributed by atoms with van der Waals surface area (Å²) in [6.07, 6.45) is 1.31. The number of fused-ring (bicyclic) bond motifs is 1. The molecule has 0 amide bonds. The number of methoxy groups -OCH3 is 1. The number of carbonyl (C=O) groups excluding carboxylic acids is 1. The van der Waals surface area contributed by atoms with Gasteiger partial charge in [0.05, 0.1) is 19.3 Å². The maximum Gasteiger partial charge on any atom is 0.335 e. The van der Waals surface area contributed by atoms with Crippen molar-refractivity contribution in [2.24, 2.45) is 11.8 Å². The van der Waals surface area contributed by atoms with E-state index in [0.717, 1.165) is 11.3 Å². The minimum atomic E-state index is -3.04. The molecule has 0 bridgehead atoms. The van der Waals surface area contributed by atoms with Crippen LogP contribution in [0.25, 0.3) is 0 Å². The number of alkyl halides is 2. The van der Waals surface area contributed by atoms with Gasteiger partial charge in [-0.25, -0.2) is 18.7 Å². The number of carbonyl (C=O) groups is 1. The molecule has 15 nitrogen and oxygen atoms in total. The zero-order chi connectivity index (χ0) is 50.0. The molecule has 8 atom stereocenters. The number of aromatic nitrogens is 4. The van der Waals surface area contributed by atoms with E-state index in [1.54, 1.807) is 20.2 Å². The molecule has 2 saturated carbocycles. The Morgan fingerprint density at radius 3 is 2.03 bits per heavy atom. The van der Waals surface area contributed by atoms with Crippen LogP contribution in [0.15, 0.2) is 41.5 Å². The third-order valence-electron chi connectivity index (χ3n) is 13.7. The van der Waals surface area contributed by atoms with Gasteiger partial charge in [-0.2, -0.15) is 4.98 Å². The highest BCUT2D eigenvalue weighted by Gasteiger charge is 2.64. The number of H-pyrrole nitrogens is 1. The van der Waals surface area contributed by atoms with Gasteiger partial charge < -0.3 is 43.1 Å². The summed E-state index contributed by atoms with van der Waals surface area (Å²) in [5, 5.41) is 18.9. The van der Waals surface area contributed by atoms with Gasteiger partial charge in [0, 0.05) is 60.4 Å². The number of esters is 1. The lowest BCUT2D eigenvalue weighted by molar-refractivity contribution is -0.154. The molecule has 0 radical (unpaired) electrons. The van der Waals surface area contributed by atoms with E-state index >= 15 is 4.39 Å². The molecule has 2 aromatic heterocycles. The highest BCUT2D eigenvalue weighted by atomic mass is 28.5. The van der Waals surface area contributed by atoms with Gasteiger partial charge in [-0.15, -0.1) is 0 Å². The van der Waals surface area contributed by atoms with Crippen LogP contribution < -0.4 is 20.8 Å². The Labute approximate surface area is 396 Å². The number of benzene rings is 1. The van der Waals surface area contributed by atoms with Crippen LogP contribution in [0.2, 0.25) is 22.2 Å². The highest BCUT2D eigenvalue weighted by molar-refractivity contribution is 6.84. The van der Waals surface area contributed by atoms with Crippen LogP contribution in [0.4, 0.5) is 14.7 Å². The van der Waals surface area contributed by atoms with Gasteiger partial charge >= 0.3 is 23.1 Å². The van der Waals surface area contributed by atoms with E-state index in [1.807, 2.05) is 45.0 Å². The third kappa shape index (κ3) is 11.6. The number of anilines is 1. The van der Waals surface area contributed by atoms with Crippen molar-refractivity contribution in [3.63, 3.8) is 0 Å². The van der Waals surface area contributed by atoms with Gasteiger partial charge in [-0.05, 0) is 87.3 Å². The average Bonchev–Trinajstić information content (AvgIpc) is 3.60. The van der Waals surface area contributed by atoms with Crippen LogP contribution in [0, 0.1) is 11.8 Å². The number of hydrogen-bond donors (Lipinski definition) is 4. The minimum Gasteiger partial charge on any atom is -0.497 e. The molecule has 3 aliphatic rings. The van der Waals surface area contributed by atoms with E-state index in [2.05, 4.69) is 70.3 Å². The van der Waals surface area contributed by atoms with E-state index in [9.17, 15) is 19.1 Å². The van der Waals surface area contributed by atoms with Crippen molar-refractivity contribution in [2.45, 2.75) is 179 Å². The van der Waals surface area contributed by atoms with Gasteiger partial charge in [-0.3, -0.25) is 14.6 Å². The smallest absolute Gasteiger partial charge is 0.335 e. The van der Waals surface area contributed by atoms with Gasteiger partial charge in [0.15, 0.2) is 5.95 Å². The van der Waals surface area contributed by atoms with Crippen LogP contribution >= 0.6 is 0 Å². The first-order valence-electron chi connectivity index (χ1n) is 23.5. The summed E-state index contributed by atoms with van der Waals surface area (Å²) >= 11 is 0. The maximum atomic E-state index is 17.7. The summed E-state index contributed by atoms with van der Waals surface area (Å²) in [5.41, 5.74) is 2.48. The van der Waals surface area contributed by atoms with Crippen molar-refractivity contribution >= 4 is 29.0 Å². The Hall–Kier alpha value is -3.86. The number of aliphatic hydroxyl groups excluding tert-OH is 2. The van der Waals surface area contributed by atoms with Gasteiger partial charge in [0.1, 0.15) is 41.5 Å². The Morgan fingerprint density at radius 1 is 0.925 bits per heavy atom. The molecule has 6 rings (SSSR count). The van der Waals surface area contributed by atoms with Gasteiger partial charge in [0.2, 0.25) is 5.88 Å². The number of aliphatic hydroxyl groups is 2. The molecular formula is C48H75F2N5O10Si2. The zero-order valence-corrected chi connectivity index (χ0v) is 43.8. The van der Waals surface area contributed by atoms with E-state index < -0.39 is 75.6 Å². The number of aromatic amines is 1. The number of nitrogens with one attached hydrogen (secondary N) is 1. The number of halogens is 2. The Balaban J connectivity index is 0.000000388. The highest BCUT2D eigenvalue weighted by Crippen LogP contribution is 2.56. The van der Waals surface area contributed by atoms with Crippen molar-refractivity contribution in [1.29, 1.82) is 0 Å². The summed E-state index contributed by atoms with van der Waals surface area (Å²) in [6.45, 7) is 25.8. The zero-order valence-electron chi connectivity index (χ0n) is 41.8. The van der Waals surface area contributed by atoms with Crippen LogP contribution in [0.1, 0.15) is 137 Å². The fourth-order valence-corrected chi connectivity index (χ4v) is 21.5. The normalized spacial score (nSPS) is 28.1. The number of nitrogen functional groups attached to an aromatic ring is 1. The van der Waals surface area contributed by atoms with Crippen molar-refractivity contribution in [3.8, 4) is 11.6 Å². The van der Waals surface area contributed by atoms with E-state index in [1.165, 1.54) is 13.1 Å². The molecule has 3 aromatic rings. The predicted octanol–water partition coefficient (Wildman–Crippen LogP) is 8.27. The number of ether oxygens (including phenoxy) is 3. The Kier molecular flexibility index (Phi) is 17.0. The van der Waals surface area contributed by atoms with Crippen LogP contribution in [0.3, 0.4) is 0 Å². The van der Waals surface area contributed by atoms with Crippen molar-refractivity contribution in [2.75, 3.05) is 26.1 Å². The molecule has 3 fully saturated rings. The van der Waals surface area contributed by atoms with Crippen molar-refractivity contribution < 1.29 is 51.0 Å². The molecule has 0 unspecified atom stereocenters. The molecule has 19 heteroatoms. The Morgan fingerprint density at radius 2 is 1.51 bits per heavy atom. The number of hydrogen-bond acceptors (Lipinski definition) is 14. The second-order valence-corrected chi connectivity index (χ2v) is 29.9. The lowest BCUT2D eigenvalue weighted by Crippen LogP contribution is -2.65. The van der Waals surface area contributed by atoms with Crippen LogP contribution in [-0.4, -0.2) is 103 Å². The molecular weight excluding hydrogens is 901 g/mol. The quantitative estimate of drug-likeness (QED) is 0.0939. The lowest BCUT2D eigenvalue weighted by Gasteiger charge is -2.52. The first-order chi connectivity index (χ1) is 31.1. The molecule has 67 heavy (non-hydrogen) atoms. The second kappa shape index (κ2) is 21.0. The standard InChI is InChI=1S/C37H59FN2O7Si2.C11H16FN3O3/c1-23(2)48(24(3)4)44-22-28-18-31(37(12,38)34(28)46-49(47-48,25(5)6)26(7)8)30-20-39-32(19-33(41)45-36(9,10)11)40-35(30)43-21-27-14-16-29(42-13)17-15-27;1-11(12)7(2-5(4-16)8(11)17)6-3-14-10(13)15-9(6)18/h14-17,20,23-26,28,31,34H,18-19,21-22H2,1-13H3;3,5,7-8,16-17H,2,4H2,1H3,(H3,13,14,15,18)/t28-,31+,34-,37+;5-,7+,8-,11+/m11/s1. The summed E-state index contributed by atoms with van der Waals surface area (Å²) in [6, 6.07) is 7.53. The lowest BCUT2D eigenvalue weighted by atomic mass is 9.88. The topological polar surface area (TPSA) is 210 Å². The third-order valence-corrected chi connectivity index (χ3v) is 24.0. The first-order valence-corrected chi connectivity index (χ1v) is 27.4. The van der Waals surface area contributed by atoms with Crippen LogP contribution in [-0.2, 0) is 35.5 Å². The van der Waals surface area contributed by atoms with Crippen LogP contribution in [0.5, 0.6) is 11.6 Å². The van der Waals surface area contributed by atoms with E-state index in [4.69, 9.17) is 43.0 Å². The average molecular weight is 976 g/mol. The second-order valence-electron chi connectivity index (χ2n) is 21.0. The number of nitrogens with two attached hydrogens (primary N) is 1. The van der Waals surface area contributed by atoms with E-state index in [0.29, 0.717) is 18.6 Å². The minimum absolute atomic E-state index is 0.0402. The fraction of sp³-hybridized carbons (Fsp3) is 0.688. The van der Waals surface area contributed by atoms with Gasteiger partial charge in [0.25, 0.3) is 5.56 Å². The SMILES string of the molecule is COc1ccc(COc2nc(CC(=O)OC(C)(C)C)ncc2[C@@H]2C[C@@H]3CO[Si](C(C)C)(C(C)C)O[Si](C(C)C)(C(C)C)O[C@H]3[C@@]2(C)F)cc1.C[C@@]1(F)[C@H](O)[C@@H](CO)C[C@H]1c1cnc(N)[nH]c1=O. The van der Waals surface area contributed by atoms with E-state index in [-0.39, 0.29) is 77.4 Å². The molecule has 1 aliphatic heterocycles. The molecule has 0 spiro atoms. The molecule has 1 saturated heterocycles. The largest absolute Gasteiger partial charge is 0.497 e. The first kappa shape index (κ1) is 54.1. The summed E-state index contributed by atoms with van der Waals surface area (Å²) in [4.78, 5) is 39.8. The summed E-state index contributed by atoms with van der Waals surface area (Å²) < 4.78 is 70.9. The maximum absolute atomic E-state index is 17.7. The molecule has 5 N–H and O–H groups in total. The molecule has 3 heterocycles. The number of nitrogens with zero attached hydrogens (tertiary/aromatic N) is 3. The Bertz CT molecular complexity index is 2190. The fourth-order valence-electron chi connectivity index (χ4n) is 10.1. The molecule has 2 aliphatic carbocycles. The van der Waals surface area contributed by atoms with Crippen molar-refractivity contribution in [3.05, 3.63) is 69.5 Å². The number of rotatable bonds is 13.